The first-order valence-electron chi connectivity index (χ1n) is 42.3. The predicted octanol–water partition coefficient (Wildman–Crippen LogP) is 24.7. The van der Waals surface area contributed by atoms with Crippen LogP contribution in [0.2, 0.25) is 0 Å². The van der Waals surface area contributed by atoms with Crippen molar-refractivity contribution in [2.24, 2.45) is 20.0 Å². The van der Waals surface area contributed by atoms with Gasteiger partial charge in [0.1, 0.15) is 63.7 Å². The quantitative estimate of drug-likeness (QED) is 0.0391. The van der Waals surface area contributed by atoms with E-state index < -0.39 is 31.7 Å². The molecule has 18 aromatic rings. The number of fused-ring (bicyclic) bond motifs is 6. The zero-order chi connectivity index (χ0) is 86.1. The van der Waals surface area contributed by atoms with Gasteiger partial charge >= 0.3 is 78.7 Å². The second-order valence-corrected chi connectivity index (χ2v) is 51.0. The van der Waals surface area contributed by atoms with Crippen molar-refractivity contribution in [2.75, 3.05) is 0 Å². The second-order valence-electron chi connectivity index (χ2n) is 31.3. The molecule has 0 radical (unpaired) electrons. The third-order valence-electron chi connectivity index (χ3n) is 24.4. The summed E-state index contributed by atoms with van der Waals surface area (Å²) in [6.45, 7) is 0. The van der Waals surface area contributed by atoms with Crippen LogP contribution >= 0.6 is 88.6 Å². The van der Waals surface area contributed by atoms with Gasteiger partial charge in [0, 0.05) is 75.5 Å². The molecule has 127 heavy (non-hydrogen) atoms. The maximum absolute atomic E-state index is 5.75. The minimum atomic E-state index is -1.33. The maximum atomic E-state index is 5.75. The number of aliphatic imine (C=N–C) groups is 4. The van der Waals surface area contributed by atoms with Gasteiger partial charge in [-0.05, 0) is 202 Å². The Hall–Kier alpha value is -10.2. The molecule has 3 aliphatic carbocycles. The average molecular weight is 2060 g/mol. The van der Waals surface area contributed by atoms with Gasteiger partial charge in [-0.25, -0.2) is 0 Å². The summed E-state index contributed by atoms with van der Waals surface area (Å²) in [5, 5.41) is 20.8. The number of halogens is 4. The minimum absolute atomic E-state index is 0.0316. The van der Waals surface area contributed by atoms with E-state index in [1.165, 1.54) is 119 Å². The van der Waals surface area contributed by atoms with E-state index in [4.69, 9.17) is 20.0 Å². The fourth-order valence-corrected chi connectivity index (χ4v) is 30.1. The zero-order valence-electron chi connectivity index (χ0n) is 68.9. The molecule has 14 heteroatoms. The second kappa shape index (κ2) is 42.4. The number of hydrogen-bond donors (Lipinski definition) is 0. The summed E-state index contributed by atoms with van der Waals surface area (Å²) in [6, 6.07) is 168. The summed E-state index contributed by atoms with van der Waals surface area (Å²) < 4.78 is 0. The summed E-state index contributed by atoms with van der Waals surface area (Å²) in [5.74, 6) is 0.501. The molecule has 4 nitrogen and oxygen atoms in total. The Labute approximate surface area is 789 Å². The van der Waals surface area contributed by atoms with Gasteiger partial charge in [-0.3, -0.25) is 20.0 Å². The van der Waals surface area contributed by atoms with Crippen molar-refractivity contribution in [2.45, 2.75) is 29.3 Å². The molecule has 0 saturated heterocycles. The fraction of sp³-hybridized carbons (Fsp3) is 0.0442. The zero-order valence-corrected chi connectivity index (χ0v) is 81.2. The van der Waals surface area contributed by atoms with Gasteiger partial charge < -0.3 is 0 Å². The SMILES string of the molecule is C(=N[C@@H]1C2c3ccccc3C23c2ccccc2C3[C@H]1N=Cc1ccccc1[PH+](c1ccccc1)c1ccccc1)c1ccccc1[PH+](c1ccccc1)c1ccccc1.C(=Nc1ccc2ccccc2c1-c1c(N=Cc2ccccc2[PH+](c2ccccc2)c2ccccc2)ccc2ccccc12)c1ccccc1[PH+](c1ccccc1)c1ccccc1.[Br][Ni][Br].[Br][Ni][Br]. The van der Waals surface area contributed by atoms with E-state index in [0.717, 1.165) is 55.2 Å². The van der Waals surface area contributed by atoms with Crippen LogP contribution in [0.1, 0.15) is 56.3 Å². The number of hydrogen-bond acceptors (Lipinski definition) is 4. The predicted molar refractivity (Wildman–Crippen MR) is 565 cm³/mol. The fourth-order valence-electron chi connectivity index (χ4n) is 19.3. The van der Waals surface area contributed by atoms with Crippen LogP contribution in [-0.2, 0) is 27.2 Å². The molecule has 1 fully saturated rings. The van der Waals surface area contributed by atoms with E-state index in [2.05, 4.69) is 543 Å². The molecular formula is C113H88Br4N4Ni2P4+4. The van der Waals surface area contributed by atoms with Crippen molar-refractivity contribution >= 4 is 210 Å². The third kappa shape index (κ3) is 18.6. The summed E-state index contributed by atoms with van der Waals surface area (Å²) in [6.07, 6.45) is 8.59. The van der Waals surface area contributed by atoms with Crippen LogP contribution in [0.4, 0.5) is 11.4 Å². The molecular weight excluding hydrogens is 1970 g/mol. The first-order chi connectivity index (χ1) is 62.9. The van der Waals surface area contributed by atoms with Gasteiger partial charge in [0.25, 0.3) is 0 Å². The molecule has 0 aliphatic heterocycles. The molecule has 0 aromatic heterocycles. The van der Waals surface area contributed by atoms with Crippen molar-refractivity contribution in [3.8, 4) is 11.1 Å². The van der Waals surface area contributed by atoms with E-state index in [1.807, 2.05) is 0 Å². The van der Waals surface area contributed by atoms with E-state index in [-0.39, 0.29) is 29.3 Å². The average Bonchev–Trinajstić information content (AvgIpc) is 1.47. The van der Waals surface area contributed by atoms with Crippen LogP contribution in [0.3, 0.4) is 0 Å². The Balaban J connectivity index is 0.000000162. The molecule has 0 N–H and O–H groups in total. The van der Waals surface area contributed by atoms with Crippen LogP contribution in [0.25, 0.3) is 32.7 Å². The molecule has 624 valence electrons. The molecule has 18 aromatic carbocycles. The molecule has 4 atom stereocenters. The molecule has 0 bridgehead atoms. The molecule has 1 saturated carbocycles. The van der Waals surface area contributed by atoms with Crippen molar-refractivity contribution in [3.63, 3.8) is 0 Å². The Morgan fingerprint density at radius 1 is 0.228 bits per heavy atom. The first kappa shape index (κ1) is 87.5. The van der Waals surface area contributed by atoms with E-state index in [0.29, 0.717) is 0 Å². The molecule has 3 aliphatic rings. The Morgan fingerprint density at radius 3 is 0.724 bits per heavy atom. The van der Waals surface area contributed by atoms with Gasteiger partial charge in [0.15, 0.2) is 0 Å². The van der Waals surface area contributed by atoms with Crippen molar-refractivity contribution < 1.29 is 21.8 Å². The third-order valence-corrected chi connectivity index (χ3v) is 35.7. The van der Waals surface area contributed by atoms with Crippen molar-refractivity contribution in [1.29, 1.82) is 0 Å². The van der Waals surface area contributed by atoms with Gasteiger partial charge in [-0.1, -0.05) is 303 Å². The van der Waals surface area contributed by atoms with Crippen LogP contribution in [0, 0.1) is 0 Å². The standard InChI is InChI=1S/C58H42N2P2.C55H42N2P2.4BrH.2Ni/c1-5-25-47(26-6-1)61(48-27-7-2-8-28-48)55-35-19-15-23-45(55)41-59-53-39-37-43-21-13-17-33-51(43)57(53)58-52-34-18-14-22-44(52)38-40-54(58)60-42-46-24-16-20-36-56(46)62(49-29-9-3-10-30-49)50-31-11-4-12-32-50;1-5-23-41(24-6-1)58(42-25-7-2-8-26-42)49-35-19-13-21-39(49)37-56-53-51-45-31-15-17-33-47(45)55(51)48-34-18-16-32-46(48)52(55)54(53)57-38-40-22-14-20-36-50(40)59(43-27-9-3-10-28-43)44-29-11-4-12-30-44;;;;;;/h1-42H;1-38,51-54H;4*1H;;/q;;;;;;2*+2/t;51?,52?,53-,54-,55?;;;;;;/m.1....../s1. The monoisotopic (exact) mass is 2060 g/mol. The van der Waals surface area contributed by atoms with E-state index >= 15 is 0 Å². The van der Waals surface area contributed by atoms with Gasteiger partial charge in [0.05, 0.1) is 55.1 Å². The summed E-state index contributed by atoms with van der Waals surface area (Å²) in [5.41, 5.74) is 14.3. The Bertz CT molecular complexity index is 6340. The van der Waals surface area contributed by atoms with Crippen molar-refractivity contribution in [3.05, 3.63) is 506 Å². The number of rotatable bonds is 21. The molecule has 0 heterocycles. The van der Waals surface area contributed by atoms with Crippen LogP contribution in [-0.4, -0.2) is 36.9 Å². The molecule has 2 unspecified atom stereocenters. The van der Waals surface area contributed by atoms with Crippen LogP contribution in [0.15, 0.2) is 481 Å². The summed E-state index contributed by atoms with van der Waals surface area (Å²) >= 11 is 12.0. The van der Waals surface area contributed by atoms with Gasteiger partial charge in [0.2, 0.25) is 0 Å². The first-order valence-corrected chi connectivity index (χ1v) is 58.0. The van der Waals surface area contributed by atoms with E-state index in [9.17, 15) is 0 Å². The molecule has 21 rings (SSSR count). The topological polar surface area (TPSA) is 49.4 Å². The number of nitrogens with zero attached hydrogens (tertiary/aromatic N) is 4. The van der Waals surface area contributed by atoms with Crippen LogP contribution < -0.4 is 63.7 Å². The normalized spacial score (nSPS) is 15.9. The van der Waals surface area contributed by atoms with Gasteiger partial charge in [-0.2, -0.15) is 0 Å². The Morgan fingerprint density at radius 2 is 0.449 bits per heavy atom. The van der Waals surface area contributed by atoms with E-state index in [1.54, 1.807) is 0 Å². The van der Waals surface area contributed by atoms with Gasteiger partial charge in [-0.15, -0.1) is 0 Å². The number of benzene rings is 18. The van der Waals surface area contributed by atoms with Crippen molar-refractivity contribution in [1.82, 2.24) is 0 Å². The summed E-state index contributed by atoms with van der Waals surface area (Å²) in [4.78, 5) is 22.4. The van der Waals surface area contributed by atoms with Crippen LogP contribution in [0.5, 0.6) is 0 Å². The molecule has 1 spiro atoms. The summed E-state index contributed by atoms with van der Waals surface area (Å²) in [7, 11) is -2.75. The molecule has 0 amide bonds. The Kier molecular flexibility index (Phi) is 29.2.